The van der Waals surface area contributed by atoms with Crippen LogP contribution in [0.25, 0.3) is 0 Å². The van der Waals surface area contributed by atoms with Gasteiger partial charge in [-0.3, -0.25) is 0 Å². The van der Waals surface area contributed by atoms with Crippen LogP contribution in [0.5, 0.6) is 0 Å². The van der Waals surface area contributed by atoms with Crippen molar-refractivity contribution in [2.45, 2.75) is 6.10 Å². The number of benzene rings is 1. The van der Waals surface area contributed by atoms with Gasteiger partial charge >= 0.3 is 0 Å². The number of rotatable bonds is 4. The quantitative estimate of drug-likeness (QED) is 0.873. The first-order chi connectivity index (χ1) is 7.86. The highest BCUT2D eigenvalue weighted by Crippen LogP contribution is 2.11. The van der Waals surface area contributed by atoms with E-state index in [2.05, 4.69) is 15.3 Å². The molecule has 0 unspecified atom stereocenters. The lowest BCUT2D eigenvalue weighted by atomic mass is 10.1. The second-order valence-electron chi connectivity index (χ2n) is 3.38. The molecule has 0 spiro atoms. The van der Waals surface area contributed by atoms with Gasteiger partial charge in [-0.05, 0) is 11.6 Å². The average Bonchev–Trinajstić information content (AvgIpc) is 2.38. The predicted octanol–water partition coefficient (Wildman–Crippen LogP) is 2.04. The molecule has 2 rings (SSSR count). The number of aliphatic hydroxyl groups excluding tert-OH is 1. The van der Waals surface area contributed by atoms with Crippen molar-refractivity contribution >= 4 is 18.4 Å². The zero-order valence-corrected chi connectivity index (χ0v) is 9.97. The Morgan fingerprint density at radius 3 is 2.35 bits per heavy atom. The largest absolute Gasteiger partial charge is 0.387 e. The fraction of sp³-hybridized carbons (Fsp3) is 0.167. The molecule has 1 heterocycles. The van der Waals surface area contributed by atoms with Gasteiger partial charge in [-0.2, -0.15) is 0 Å². The van der Waals surface area contributed by atoms with Crippen LogP contribution in [0.1, 0.15) is 11.7 Å². The molecule has 0 aliphatic carbocycles. The minimum absolute atomic E-state index is 0. The van der Waals surface area contributed by atoms with Crippen molar-refractivity contribution in [2.75, 3.05) is 11.9 Å². The molecule has 0 fully saturated rings. The monoisotopic (exact) mass is 251 g/mol. The Morgan fingerprint density at radius 1 is 1.06 bits per heavy atom. The van der Waals surface area contributed by atoms with E-state index in [0.717, 1.165) is 5.56 Å². The van der Waals surface area contributed by atoms with Gasteiger partial charge in [0.05, 0.1) is 6.10 Å². The summed E-state index contributed by atoms with van der Waals surface area (Å²) in [5, 5.41) is 12.8. The van der Waals surface area contributed by atoms with Crippen molar-refractivity contribution in [1.29, 1.82) is 0 Å². The molecule has 4 nitrogen and oxygen atoms in total. The topological polar surface area (TPSA) is 58.0 Å². The van der Waals surface area contributed by atoms with Crippen molar-refractivity contribution in [3.05, 3.63) is 54.4 Å². The van der Waals surface area contributed by atoms with E-state index in [1.165, 1.54) is 0 Å². The highest BCUT2D eigenvalue weighted by molar-refractivity contribution is 5.85. The molecule has 1 aromatic heterocycles. The van der Waals surface area contributed by atoms with Crippen molar-refractivity contribution in [1.82, 2.24) is 9.97 Å². The lowest BCUT2D eigenvalue weighted by Gasteiger charge is -2.11. The predicted molar refractivity (Wildman–Crippen MR) is 69.2 cm³/mol. The van der Waals surface area contributed by atoms with E-state index in [0.29, 0.717) is 12.5 Å². The van der Waals surface area contributed by atoms with Crippen molar-refractivity contribution in [3.63, 3.8) is 0 Å². The van der Waals surface area contributed by atoms with Crippen LogP contribution in [-0.2, 0) is 0 Å². The highest BCUT2D eigenvalue weighted by atomic mass is 35.5. The van der Waals surface area contributed by atoms with E-state index in [9.17, 15) is 5.11 Å². The minimum atomic E-state index is -0.551. The number of halogens is 1. The van der Waals surface area contributed by atoms with Crippen LogP contribution in [0.4, 0.5) is 5.95 Å². The van der Waals surface area contributed by atoms with Crippen LogP contribution in [0.2, 0.25) is 0 Å². The minimum Gasteiger partial charge on any atom is -0.387 e. The lowest BCUT2D eigenvalue weighted by Crippen LogP contribution is -2.13. The molecule has 0 aliphatic rings. The normalized spacial score (nSPS) is 11.4. The fourth-order valence-electron chi connectivity index (χ4n) is 1.37. The number of nitrogens with zero attached hydrogens (tertiary/aromatic N) is 2. The Bertz CT molecular complexity index is 424. The first-order valence-electron chi connectivity index (χ1n) is 5.10. The standard InChI is InChI=1S/C12H13N3O.ClH/c16-11(10-5-2-1-3-6-10)9-15-12-13-7-4-8-14-12;/h1-8,11,16H,9H2,(H,13,14,15);1H/t11-;/m0./s1. The van der Waals surface area contributed by atoms with Crippen LogP contribution >= 0.6 is 12.4 Å². The summed E-state index contributed by atoms with van der Waals surface area (Å²) in [6, 6.07) is 11.2. The summed E-state index contributed by atoms with van der Waals surface area (Å²) in [7, 11) is 0. The summed E-state index contributed by atoms with van der Waals surface area (Å²) in [4.78, 5) is 8.02. The Morgan fingerprint density at radius 2 is 1.71 bits per heavy atom. The highest BCUT2D eigenvalue weighted by Gasteiger charge is 2.06. The summed E-state index contributed by atoms with van der Waals surface area (Å²) >= 11 is 0. The molecule has 0 saturated carbocycles. The molecule has 0 aliphatic heterocycles. The Labute approximate surface area is 106 Å². The molecular weight excluding hydrogens is 238 g/mol. The van der Waals surface area contributed by atoms with Crippen LogP contribution in [0.15, 0.2) is 48.8 Å². The Hall–Kier alpha value is -1.65. The molecule has 2 N–H and O–H groups in total. The van der Waals surface area contributed by atoms with Crippen molar-refractivity contribution in [3.8, 4) is 0 Å². The van der Waals surface area contributed by atoms with E-state index >= 15 is 0 Å². The van der Waals surface area contributed by atoms with Gasteiger partial charge in [0.25, 0.3) is 0 Å². The number of aromatic nitrogens is 2. The van der Waals surface area contributed by atoms with E-state index < -0.39 is 6.10 Å². The molecule has 0 radical (unpaired) electrons. The Kier molecular flexibility index (Phi) is 5.39. The van der Waals surface area contributed by atoms with E-state index in [4.69, 9.17) is 0 Å². The van der Waals surface area contributed by atoms with Gasteiger partial charge in [-0.25, -0.2) is 9.97 Å². The molecule has 0 saturated heterocycles. The molecule has 2 aromatic rings. The summed E-state index contributed by atoms with van der Waals surface area (Å²) in [6.45, 7) is 0.397. The molecule has 5 heteroatoms. The second kappa shape index (κ2) is 6.83. The zero-order valence-electron chi connectivity index (χ0n) is 9.15. The number of aliphatic hydroxyl groups is 1. The van der Waals surface area contributed by atoms with Crippen molar-refractivity contribution in [2.24, 2.45) is 0 Å². The van der Waals surface area contributed by atoms with Gasteiger partial charge in [0.1, 0.15) is 0 Å². The maximum Gasteiger partial charge on any atom is 0.222 e. The van der Waals surface area contributed by atoms with Gasteiger partial charge in [0.15, 0.2) is 0 Å². The molecule has 17 heavy (non-hydrogen) atoms. The summed E-state index contributed by atoms with van der Waals surface area (Å²) in [5.74, 6) is 0.525. The summed E-state index contributed by atoms with van der Waals surface area (Å²) in [6.07, 6.45) is 2.76. The number of hydrogen-bond acceptors (Lipinski definition) is 4. The smallest absolute Gasteiger partial charge is 0.222 e. The van der Waals surface area contributed by atoms with Gasteiger partial charge in [0.2, 0.25) is 5.95 Å². The van der Waals surface area contributed by atoms with Gasteiger partial charge < -0.3 is 10.4 Å². The molecule has 1 atom stereocenters. The molecular formula is C12H14ClN3O. The maximum atomic E-state index is 9.86. The average molecular weight is 252 g/mol. The SMILES string of the molecule is Cl.O[C@@H](CNc1ncccn1)c1ccccc1. The van der Waals surface area contributed by atoms with Crippen LogP contribution in [0.3, 0.4) is 0 Å². The third-order valence-electron chi connectivity index (χ3n) is 2.20. The molecule has 0 bridgehead atoms. The van der Waals surface area contributed by atoms with Crippen LogP contribution < -0.4 is 5.32 Å². The van der Waals surface area contributed by atoms with Crippen molar-refractivity contribution < 1.29 is 5.11 Å². The van der Waals surface area contributed by atoms with Gasteiger partial charge in [0, 0.05) is 18.9 Å². The number of anilines is 1. The zero-order chi connectivity index (χ0) is 11.2. The van der Waals surface area contributed by atoms with Gasteiger partial charge in [-0.15, -0.1) is 12.4 Å². The van der Waals surface area contributed by atoms with Gasteiger partial charge in [-0.1, -0.05) is 30.3 Å². The third kappa shape index (κ3) is 4.01. The van der Waals surface area contributed by atoms with E-state index in [1.807, 2.05) is 30.3 Å². The maximum absolute atomic E-state index is 9.86. The van der Waals surface area contributed by atoms with Crippen LogP contribution in [0, 0.1) is 0 Å². The first kappa shape index (κ1) is 13.4. The Balaban J connectivity index is 0.00000144. The molecule has 90 valence electrons. The van der Waals surface area contributed by atoms with E-state index in [-0.39, 0.29) is 12.4 Å². The molecule has 0 amide bonds. The summed E-state index contributed by atoms with van der Waals surface area (Å²) < 4.78 is 0. The summed E-state index contributed by atoms with van der Waals surface area (Å²) in [5.41, 5.74) is 0.880. The molecule has 1 aromatic carbocycles. The van der Waals surface area contributed by atoms with E-state index in [1.54, 1.807) is 18.5 Å². The fourth-order valence-corrected chi connectivity index (χ4v) is 1.37. The number of hydrogen-bond donors (Lipinski definition) is 2. The second-order valence-corrected chi connectivity index (χ2v) is 3.38. The number of nitrogens with one attached hydrogen (secondary N) is 1. The van der Waals surface area contributed by atoms with Crippen LogP contribution in [-0.4, -0.2) is 21.6 Å². The first-order valence-corrected chi connectivity index (χ1v) is 5.10. The third-order valence-corrected chi connectivity index (χ3v) is 2.20. The lowest BCUT2D eigenvalue weighted by molar-refractivity contribution is 0.191.